The first-order valence-corrected chi connectivity index (χ1v) is 8.31. The highest BCUT2D eigenvalue weighted by molar-refractivity contribution is 5.74. The lowest BCUT2D eigenvalue weighted by Crippen LogP contribution is -2.51. The first-order chi connectivity index (χ1) is 11.8. The van der Waals surface area contributed by atoms with Gasteiger partial charge in [0.25, 0.3) is 0 Å². The van der Waals surface area contributed by atoms with Crippen LogP contribution in [0.5, 0.6) is 0 Å². The highest BCUT2D eigenvalue weighted by Crippen LogP contribution is 2.38. The highest BCUT2D eigenvalue weighted by Gasteiger charge is 2.29. The van der Waals surface area contributed by atoms with Crippen molar-refractivity contribution in [1.29, 1.82) is 0 Å². The minimum absolute atomic E-state index is 0.0894. The Morgan fingerprint density at radius 3 is 2.79 bits per heavy atom. The monoisotopic (exact) mass is 328 g/mol. The fraction of sp³-hybridized carbons (Fsp3) is 0.500. The molecule has 2 amide bonds. The third kappa shape index (κ3) is 3.32. The summed E-state index contributed by atoms with van der Waals surface area (Å²) in [6.07, 6.45) is 4.03. The van der Waals surface area contributed by atoms with Crippen molar-refractivity contribution < 1.29 is 9.32 Å². The predicted octanol–water partition coefficient (Wildman–Crippen LogP) is 1.37. The molecular weight excluding hydrogens is 308 g/mol. The van der Waals surface area contributed by atoms with Crippen molar-refractivity contribution in [3.8, 4) is 0 Å². The molecule has 4 rings (SSSR count). The smallest absolute Gasteiger partial charge is 0.317 e. The highest BCUT2D eigenvalue weighted by atomic mass is 16.5. The van der Waals surface area contributed by atoms with Crippen LogP contribution in [0.3, 0.4) is 0 Å². The van der Waals surface area contributed by atoms with Crippen molar-refractivity contribution in [3.05, 3.63) is 36.1 Å². The van der Waals surface area contributed by atoms with E-state index in [4.69, 9.17) is 4.52 Å². The number of pyridine rings is 1. The van der Waals surface area contributed by atoms with Gasteiger partial charge in [-0.3, -0.25) is 0 Å². The van der Waals surface area contributed by atoms with E-state index in [0.29, 0.717) is 37.3 Å². The van der Waals surface area contributed by atoms with Gasteiger partial charge in [-0.15, -0.1) is 0 Å². The molecule has 2 fully saturated rings. The van der Waals surface area contributed by atoms with Gasteiger partial charge in [-0.05, 0) is 25.0 Å². The Morgan fingerprint density at radius 1 is 1.25 bits per heavy atom. The van der Waals surface area contributed by atoms with Gasteiger partial charge in [-0.1, -0.05) is 11.2 Å². The number of hydrogen-bond donors (Lipinski definition) is 1. The number of urea groups is 1. The molecule has 1 aliphatic carbocycles. The van der Waals surface area contributed by atoms with Gasteiger partial charge in [0, 0.05) is 38.3 Å². The molecule has 0 aromatic carbocycles. The molecule has 1 N–H and O–H groups in total. The second kappa shape index (κ2) is 6.46. The summed E-state index contributed by atoms with van der Waals surface area (Å²) in [5.41, 5.74) is 0. The minimum atomic E-state index is -0.0894. The fourth-order valence-electron chi connectivity index (χ4n) is 2.78. The molecule has 2 aromatic rings. The Hall–Kier alpha value is -2.64. The quantitative estimate of drug-likeness (QED) is 0.912. The maximum atomic E-state index is 12.3. The summed E-state index contributed by atoms with van der Waals surface area (Å²) in [7, 11) is 0. The van der Waals surface area contributed by atoms with Crippen LogP contribution in [-0.4, -0.2) is 52.2 Å². The van der Waals surface area contributed by atoms with Crippen molar-refractivity contribution >= 4 is 11.8 Å². The van der Waals surface area contributed by atoms with E-state index in [2.05, 4.69) is 25.3 Å². The molecule has 8 nitrogen and oxygen atoms in total. The van der Waals surface area contributed by atoms with Gasteiger partial charge in [0.15, 0.2) is 5.82 Å². The van der Waals surface area contributed by atoms with Crippen LogP contribution in [0.1, 0.15) is 30.5 Å². The molecule has 8 heteroatoms. The minimum Gasteiger partial charge on any atom is -0.353 e. The van der Waals surface area contributed by atoms with Crippen LogP contribution in [0.25, 0.3) is 0 Å². The van der Waals surface area contributed by atoms with Gasteiger partial charge in [0.05, 0.1) is 6.54 Å². The number of piperazine rings is 1. The number of nitrogens with zero attached hydrogens (tertiary/aromatic N) is 5. The lowest BCUT2D eigenvalue weighted by atomic mass is 10.3. The topological polar surface area (TPSA) is 87.4 Å². The zero-order chi connectivity index (χ0) is 16.4. The van der Waals surface area contributed by atoms with Crippen LogP contribution < -0.4 is 10.2 Å². The van der Waals surface area contributed by atoms with Crippen LogP contribution in [0, 0.1) is 0 Å². The first-order valence-electron chi connectivity index (χ1n) is 8.31. The summed E-state index contributed by atoms with van der Waals surface area (Å²) in [6.45, 7) is 3.19. The zero-order valence-electron chi connectivity index (χ0n) is 13.4. The molecule has 2 aromatic heterocycles. The Kier molecular flexibility index (Phi) is 4.02. The maximum Gasteiger partial charge on any atom is 0.317 e. The molecule has 0 radical (unpaired) electrons. The molecule has 0 atom stereocenters. The molecule has 126 valence electrons. The largest absolute Gasteiger partial charge is 0.353 e. The number of anilines is 1. The number of amides is 2. The molecule has 3 heterocycles. The molecule has 1 aliphatic heterocycles. The normalized spacial score (nSPS) is 17.8. The van der Waals surface area contributed by atoms with Crippen LogP contribution >= 0.6 is 0 Å². The van der Waals surface area contributed by atoms with E-state index >= 15 is 0 Å². The van der Waals surface area contributed by atoms with E-state index in [0.717, 1.165) is 31.7 Å². The molecule has 1 saturated carbocycles. The van der Waals surface area contributed by atoms with Gasteiger partial charge < -0.3 is 19.6 Å². The second-order valence-electron chi connectivity index (χ2n) is 6.14. The number of rotatable bonds is 4. The number of aromatic nitrogens is 3. The van der Waals surface area contributed by atoms with Crippen molar-refractivity contribution in [3.63, 3.8) is 0 Å². The van der Waals surface area contributed by atoms with Crippen LogP contribution in [0.15, 0.2) is 28.9 Å². The standard InChI is InChI=1S/C16H20N6O2/c23-16(18-11-13-19-15(24-20-13)12-4-5-12)22-9-7-21(8-10-22)14-3-1-2-6-17-14/h1-3,6,12H,4-5,7-11H2,(H,18,23). The van der Waals surface area contributed by atoms with Crippen molar-refractivity contribution in [2.75, 3.05) is 31.1 Å². The summed E-state index contributed by atoms with van der Waals surface area (Å²) in [6, 6.07) is 5.78. The Bertz CT molecular complexity index is 692. The maximum absolute atomic E-state index is 12.3. The predicted molar refractivity (Wildman–Crippen MR) is 86.5 cm³/mol. The summed E-state index contributed by atoms with van der Waals surface area (Å²) in [5.74, 6) is 2.62. The van der Waals surface area contributed by atoms with E-state index in [9.17, 15) is 4.79 Å². The Labute approximate surface area is 139 Å². The fourth-order valence-corrected chi connectivity index (χ4v) is 2.78. The molecule has 0 unspecified atom stereocenters. The van der Waals surface area contributed by atoms with Gasteiger partial charge in [-0.2, -0.15) is 4.98 Å². The van der Waals surface area contributed by atoms with Gasteiger partial charge in [0.2, 0.25) is 5.89 Å². The van der Waals surface area contributed by atoms with Crippen LogP contribution in [0.2, 0.25) is 0 Å². The summed E-state index contributed by atoms with van der Waals surface area (Å²) < 4.78 is 5.19. The van der Waals surface area contributed by atoms with E-state index in [1.54, 1.807) is 11.1 Å². The van der Waals surface area contributed by atoms with E-state index in [1.165, 1.54) is 0 Å². The first kappa shape index (κ1) is 14.9. The molecule has 2 aliphatic rings. The van der Waals surface area contributed by atoms with Gasteiger partial charge >= 0.3 is 6.03 Å². The number of carbonyl (C=O) groups excluding carboxylic acids is 1. The summed E-state index contributed by atoms with van der Waals surface area (Å²) >= 11 is 0. The number of carbonyl (C=O) groups is 1. The number of nitrogens with one attached hydrogen (secondary N) is 1. The number of hydrogen-bond acceptors (Lipinski definition) is 6. The Morgan fingerprint density at radius 2 is 2.08 bits per heavy atom. The molecule has 0 bridgehead atoms. The van der Waals surface area contributed by atoms with Crippen LogP contribution in [-0.2, 0) is 6.54 Å². The molecule has 24 heavy (non-hydrogen) atoms. The van der Waals surface area contributed by atoms with E-state index in [-0.39, 0.29) is 6.03 Å². The molecular formula is C16H20N6O2. The SMILES string of the molecule is O=C(NCc1noc(C2CC2)n1)N1CCN(c2ccccn2)CC1. The van der Waals surface area contributed by atoms with E-state index < -0.39 is 0 Å². The lowest BCUT2D eigenvalue weighted by Gasteiger charge is -2.35. The van der Waals surface area contributed by atoms with Gasteiger partial charge in [-0.25, -0.2) is 9.78 Å². The van der Waals surface area contributed by atoms with E-state index in [1.807, 2.05) is 18.2 Å². The molecule has 1 saturated heterocycles. The van der Waals surface area contributed by atoms with Crippen LogP contribution in [0.4, 0.5) is 10.6 Å². The average Bonchev–Trinajstić information content (AvgIpc) is 3.39. The van der Waals surface area contributed by atoms with Crippen molar-refractivity contribution in [2.45, 2.75) is 25.3 Å². The zero-order valence-corrected chi connectivity index (χ0v) is 13.4. The van der Waals surface area contributed by atoms with Crippen molar-refractivity contribution in [1.82, 2.24) is 25.3 Å². The molecule has 0 spiro atoms. The third-order valence-electron chi connectivity index (χ3n) is 4.35. The lowest BCUT2D eigenvalue weighted by molar-refractivity contribution is 0.193. The third-order valence-corrected chi connectivity index (χ3v) is 4.35. The second-order valence-corrected chi connectivity index (χ2v) is 6.14. The summed E-state index contributed by atoms with van der Waals surface area (Å²) in [5, 5.41) is 6.77. The Balaban J connectivity index is 1.25. The average molecular weight is 328 g/mol. The van der Waals surface area contributed by atoms with Gasteiger partial charge in [0.1, 0.15) is 5.82 Å². The van der Waals surface area contributed by atoms with Crippen molar-refractivity contribution in [2.24, 2.45) is 0 Å². The summed E-state index contributed by atoms with van der Waals surface area (Å²) in [4.78, 5) is 24.9.